The third-order valence-corrected chi connectivity index (χ3v) is 2.26. The highest BCUT2D eigenvalue weighted by Crippen LogP contribution is 2.24. The van der Waals surface area contributed by atoms with Crippen LogP contribution in [-0.4, -0.2) is 16.6 Å². The third-order valence-electron chi connectivity index (χ3n) is 2.26. The quantitative estimate of drug-likeness (QED) is 0.716. The molecule has 0 spiro atoms. The molecule has 0 unspecified atom stereocenters. The second kappa shape index (κ2) is 3.78. The van der Waals surface area contributed by atoms with Crippen LogP contribution in [0.15, 0.2) is 12.3 Å². The monoisotopic (exact) mass is 190 g/mol. The fraction of sp³-hybridized carbons (Fsp3) is 0.455. The normalized spacial score (nSPS) is 14.6. The lowest BCUT2D eigenvalue weighted by Gasteiger charge is -2.16. The summed E-state index contributed by atoms with van der Waals surface area (Å²) in [7, 11) is 0. The van der Waals surface area contributed by atoms with E-state index in [1.165, 1.54) is 5.56 Å². The Labute approximate surface area is 83.8 Å². The van der Waals surface area contributed by atoms with Gasteiger partial charge in [-0.2, -0.15) is 0 Å². The van der Waals surface area contributed by atoms with Gasteiger partial charge in [-0.05, 0) is 32.8 Å². The van der Waals surface area contributed by atoms with Gasteiger partial charge in [-0.25, -0.2) is 9.97 Å². The molecule has 1 aliphatic rings. The first-order valence-electron chi connectivity index (χ1n) is 4.97. The molecule has 0 saturated heterocycles. The van der Waals surface area contributed by atoms with E-state index in [0.717, 1.165) is 30.1 Å². The molecular weight excluding hydrogens is 176 g/mol. The fourth-order valence-electron chi connectivity index (χ4n) is 1.63. The van der Waals surface area contributed by atoms with Crippen LogP contribution in [0.5, 0.6) is 0 Å². The van der Waals surface area contributed by atoms with Crippen molar-refractivity contribution >= 4 is 5.76 Å². The molecule has 74 valence electrons. The zero-order chi connectivity index (χ0) is 9.97. The van der Waals surface area contributed by atoms with Crippen LogP contribution in [-0.2, 0) is 11.2 Å². The standard InChI is InChI=1S/C11H14N2O/c1-3-14-10-6-4-5-9-7-12-8(2)13-11(9)10/h6-7H,3-5H2,1-2H3. The van der Waals surface area contributed by atoms with E-state index in [2.05, 4.69) is 16.0 Å². The molecule has 0 radical (unpaired) electrons. The van der Waals surface area contributed by atoms with E-state index in [-0.39, 0.29) is 0 Å². The highest BCUT2D eigenvalue weighted by Gasteiger charge is 2.15. The van der Waals surface area contributed by atoms with Crippen molar-refractivity contribution < 1.29 is 4.74 Å². The molecule has 1 aliphatic carbocycles. The highest BCUT2D eigenvalue weighted by molar-refractivity contribution is 5.61. The van der Waals surface area contributed by atoms with E-state index in [0.29, 0.717) is 6.61 Å². The van der Waals surface area contributed by atoms with Crippen LogP contribution in [0.4, 0.5) is 0 Å². The largest absolute Gasteiger partial charge is 0.492 e. The number of nitrogens with zero attached hydrogens (tertiary/aromatic N) is 2. The number of aromatic nitrogens is 2. The summed E-state index contributed by atoms with van der Waals surface area (Å²) < 4.78 is 5.54. The van der Waals surface area contributed by atoms with Gasteiger partial charge in [-0.3, -0.25) is 0 Å². The minimum Gasteiger partial charge on any atom is -0.492 e. The molecule has 1 aromatic heterocycles. The number of aryl methyl sites for hydroxylation is 2. The first-order chi connectivity index (χ1) is 6.81. The average molecular weight is 190 g/mol. The van der Waals surface area contributed by atoms with Crippen LogP contribution in [0.1, 0.15) is 30.4 Å². The predicted molar refractivity (Wildman–Crippen MR) is 54.7 cm³/mol. The van der Waals surface area contributed by atoms with Gasteiger partial charge in [0.2, 0.25) is 0 Å². The van der Waals surface area contributed by atoms with Crippen LogP contribution in [0, 0.1) is 6.92 Å². The first kappa shape index (κ1) is 9.19. The van der Waals surface area contributed by atoms with Crippen LogP contribution in [0.25, 0.3) is 5.76 Å². The molecule has 0 bridgehead atoms. The van der Waals surface area contributed by atoms with Gasteiger partial charge < -0.3 is 4.74 Å². The van der Waals surface area contributed by atoms with Gasteiger partial charge in [0.15, 0.2) is 0 Å². The summed E-state index contributed by atoms with van der Waals surface area (Å²) in [5.41, 5.74) is 2.17. The summed E-state index contributed by atoms with van der Waals surface area (Å²) in [6, 6.07) is 0. The van der Waals surface area contributed by atoms with E-state index in [4.69, 9.17) is 4.74 Å². The number of rotatable bonds is 2. The molecule has 0 atom stereocenters. The Balaban J connectivity index is 2.40. The van der Waals surface area contributed by atoms with Crippen molar-refractivity contribution in [1.82, 2.24) is 9.97 Å². The number of ether oxygens (including phenoxy) is 1. The number of hydrogen-bond acceptors (Lipinski definition) is 3. The van der Waals surface area contributed by atoms with E-state index in [1.54, 1.807) is 0 Å². The first-order valence-corrected chi connectivity index (χ1v) is 4.97. The second-order valence-corrected chi connectivity index (χ2v) is 3.33. The molecule has 3 nitrogen and oxygen atoms in total. The van der Waals surface area contributed by atoms with E-state index in [1.807, 2.05) is 20.0 Å². The summed E-state index contributed by atoms with van der Waals surface area (Å²) >= 11 is 0. The minimum absolute atomic E-state index is 0.689. The Kier molecular flexibility index (Phi) is 2.48. The van der Waals surface area contributed by atoms with E-state index >= 15 is 0 Å². The summed E-state index contributed by atoms with van der Waals surface area (Å²) in [5.74, 6) is 1.72. The van der Waals surface area contributed by atoms with Crippen molar-refractivity contribution in [3.63, 3.8) is 0 Å². The maximum atomic E-state index is 5.54. The Morgan fingerprint density at radius 1 is 1.50 bits per heavy atom. The highest BCUT2D eigenvalue weighted by atomic mass is 16.5. The Hall–Kier alpha value is -1.38. The average Bonchev–Trinajstić information content (AvgIpc) is 2.19. The van der Waals surface area contributed by atoms with Crippen LogP contribution in [0.3, 0.4) is 0 Å². The molecule has 0 N–H and O–H groups in total. The predicted octanol–water partition coefficient (Wildman–Crippen LogP) is 2.11. The van der Waals surface area contributed by atoms with Crippen molar-refractivity contribution in [2.75, 3.05) is 6.61 Å². The molecule has 0 fully saturated rings. The van der Waals surface area contributed by atoms with Crippen molar-refractivity contribution in [1.29, 1.82) is 0 Å². The lowest BCUT2D eigenvalue weighted by atomic mass is 10.0. The van der Waals surface area contributed by atoms with Gasteiger partial charge in [0.1, 0.15) is 17.3 Å². The molecule has 0 saturated carbocycles. The zero-order valence-corrected chi connectivity index (χ0v) is 8.58. The summed E-state index contributed by atoms with van der Waals surface area (Å²) in [4.78, 5) is 8.60. The maximum Gasteiger partial charge on any atom is 0.141 e. The number of hydrogen-bond donors (Lipinski definition) is 0. The lowest BCUT2D eigenvalue weighted by molar-refractivity contribution is 0.294. The fourth-order valence-corrected chi connectivity index (χ4v) is 1.63. The molecular formula is C11H14N2O. The topological polar surface area (TPSA) is 35.0 Å². The maximum absolute atomic E-state index is 5.54. The molecule has 1 heterocycles. The van der Waals surface area contributed by atoms with Gasteiger partial charge in [0.05, 0.1) is 6.61 Å². The van der Waals surface area contributed by atoms with Gasteiger partial charge >= 0.3 is 0 Å². The van der Waals surface area contributed by atoms with Gasteiger partial charge in [-0.1, -0.05) is 0 Å². The summed E-state index contributed by atoms with van der Waals surface area (Å²) in [6.45, 7) is 4.58. The molecule has 3 heteroatoms. The smallest absolute Gasteiger partial charge is 0.141 e. The molecule has 14 heavy (non-hydrogen) atoms. The Morgan fingerprint density at radius 2 is 2.36 bits per heavy atom. The van der Waals surface area contributed by atoms with Crippen molar-refractivity contribution in [3.05, 3.63) is 29.4 Å². The van der Waals surface area contributed by atoms with Crippen LogP contribution < -0.4 is 0 Å². The summed E-state index contributed by atoms with van der Waals surface area (Å²) in [6.07, 6.45) is 6.06. The molecule has 2 rings (SSSR count). The molecule has 0 aromatic carbocycles. The third kappa shape index (κ3) is 1.62. The van der Waals surface area contributed by atoms with Crippen molar-refractivity contribution in [2.45, 2.75) is 26.7 Å². The molecule has 0 aliphatic heterocycles. The molecule has 1 aromatic rings. The minimum atomic E-state index is 0.689. The van der Waals surface area contributed by atoms with Crippen molar-refractivity contribution in [2.24, 2.45) is 0 Å². The van der Waals surface area contributed by atoms with Crippen LogP contribution in [0.2, 0.25) is 0 Å². The van der Waals surface area contributed by atoms with Gasteiger partial charge in [0.25, 0.3) is 0 Å². The Bertz CT molecular complexity index is 372. The van der Waals surface area contributed by atoms with Crippen molar-refractivity contribution in [3.8, 4) is 0 Å². The van der Waals surface area contributed by atoms with E-state index in [9.17, 15) is 0 Å². The van der Waals surface area contributed by atoms with Gasteiger partial charge in [-0.15, -0.1) is 0 Å². The number of fused-ring (bicyclic) bond motifs is 1. The SMILES string of the molecule is CCOC1=CCCc2cnc(C)nc21. The summed E-state index contributed by atoms with van der Waals surface area (Å²) in [5, 5.41) is 0. The lowest BCUT2D eigenvalue weighted by Crippen LogP contribution is -2.07. The Morgan fingerprint density at radius 3 is 3.14 bits per heavy atom. The van der Waals surface area contributed by atoms with Gasteiger partial charge in [0, 0.05) is 11.8 Å². The number of allylic oxidation sites excluding steroid dienone is 1. The van der Waals surface area contributed by atoms with E-state index < -0.39 is 0 Å². The van der Waals surface area contributed by atoms with Crippen LogP contribution >= 0.6 is 0 Å². The second-order valence-electron chi connectivity index (χ2n) is 3.33. The molecule has 0 amide bonds. The zero-order valence-electron chi connectivity index (χ0n) is 8.58.